The molecule has 0 bridgehead atoms. The number of hydrogen-bond donors (Lipinski definition) is 0. The van der Waals surface area contributed by atoms with E-state index in [1.165, 1.54) is 0 Å². The number of esters is 1. The van der Waals surface area contributed by atoms with E-state index in [0.29, 0.717) is 13.0 Å². The average molecular weight is 246 g/mol. The maximum Gasteiger partial charge on any atom is 0.306 e. The Morgan fingerprint density at radius 3 is 2.61 bits per heavy atom. The smallest absolute Gasteiger partial charge is 0.306 e. The predicted molar refractivity (Wildman–Crippen MR) is 74.1 cm³/mol. The molecule has 0 amide bonds. The van der Waals surface area contributed by atoms with Crippen LogP contribution in [-0.2, 0) is 16.1 Å². The minimum atomic E-state index is -0.132. The van der Waals surface area contributed by atoms with E-state index in [4.69, 9.17) is 4.74 Å². The summed E-state index contributed by atoms with van der Waals surface area (Å²) >= 11 is 0. The van der Waals surface area contributed by atoms with Gasteiger partial charge in [0.05, 0.1) is 6.42 Å². The number of hydrogen-bond acceptors (Lipinski definition) is 2. The van der Waals surface area contributed by atoms with Crippen LogP contribution in [0.4, 0.5) is 0 Å². The van der Waals surface area contributed by atoms with Crippen molar-refractivity contribution < 1.29 is 9.53 Å². The molecule has 1 rings (SSSR count). The van der Waals surface area contributed by atoms with Crippen LogP contribution in [0.25, 0.3) is 0 Å². The highest BCUT2D eigenvalue weighted by molar-refractivity contribution is 5.70. The molecule has 0 saturated heterocycles. The van der Waals surface area contributed by atoms with E-state index in [1.807, 2.05) is 36.4 Å². The third-order valence-corrected chi connectivity index (χ3v) is 2.89. The fourth-order valence-corrected chi connectivity index (χ4v) is 1.76. The molecule has 0 saturated carbocycles. The topological polar surface area (TPSA) is 26.3 Å². The van der Waals surface area contributed by atoms with Gasteiger partial charge < -0.3 is 4.74 Å². The zero-order valence-corrected chi connectivity index (χ0v) is 11.3. The molecular weight excluding hydrogens is 224 g/mol. The zero-order chi connectivity index (χ0) is 13.4. The number of ether oxygens (including phenoxy) is 1. The molecule has 1 aromatic rings. The van der Waals surface area contributed by atoms with Gasteiger partial charge in [0.25, 0.3) is 0 Å². The van der Waals surface area contributed by atoms with Gasteiger partial charge in [0.15, 0.2) is 0 Å². The molecule has 1 aromatic carbocycles. The zero-order valence-electron chi connectivity index (χ0n) is 11.3. The lowest BCUT2D eigenvalue weighted by Crippen LogP contribution is -2.18. The summed E-state index contributed by atoms with van der Waals surface area (Å²) < 4.78 is 5.28. The van der Waals surface area contributed by atoms with Gasteiger partial charge in [-0.3, -0.25) is 4.79 Å². The van der Waals surface area contributed by atoms with Gasteiger partial charge in [0, 0.05) is 0 Å². The molecule has 0 fully saturated rings. The molecular formula is C16H22O2. The number of carbonyl (C=O) groups is 1. The molecule has 0 N–H and O–H groups in total. The summed E-state index contributed by atoms with van der Waals surface area (Å²) in [5.41, 5.74) is 0.997. The van der Waals surface area contributed by atoms with Crippen LogP contribution in [0.2, 0.25) is 0 Å². The molecule has 0 unspecified atom stereocenters. The predicted octanol–water partition coefficient (Wildman–Crippen LogP) is 4.11. The first-order valence-corrected chi connectivity index (χ1v) is 6.34. The Morgan fingerprint density at radius 1 is 1.33 bits per heavy atom. The Bertz CT molecular complexity index is 379. The molecule has 2 nitrogen and oxygen atoms in total. The molecule has 0 heterocycles. The first kappa shape index (κ1) is 14.5. The summed E-state index contributed by atoms with van der Waals surface area (Å²) in [5.74, 6) is -0.132. The van der Waals surface area contributed by atoms with Crippen molar-refractivity contribution in [2.45, 2.75) is 39.7 Å². The Kier molecular flexibility index (Phi) is 5.63. The Labute approximate surface area is 110 Å². The highest BCUT2D eigenvalue weighted by Crippen LogP contribution is 2.27. The van der Waals surface area contributed by atoms with E-state index in [9.17, 15) is 4.79 Å². The van der Waals surface area contributed by atoms with Crippen LogP contribution >= 0.6 is 0 Å². The second-order valence-electron chi connectivity index (χ2n) is 5.31. The summed E-state index contributed by atoms with van der Waals surface area (Å²) in [7, 11) is 0. The van der Waals surface area contributed by atoms with E-state index in [-0.39, 0.29) is 11.4 Å². The maximum absolute atomic E-state index is 11.7. The van der Waals surface area contributed by atoms with Gasteiger partial charge in [-0.15, -0.1) is 6.58 Å². The van der Waals surface area contributed by atoms with Crippen molar-refractivity contribution in [2.75, 3.05) is 0 Å². The third kappa shape index (κ3) is 5.67. The van der Waals surface area contributed by atoms with Gasteiger partial charge >= 0.3 is 5.97 Å². The Morgan fingerprint density at radius 2 is 2.00 bits per heavy atom. The van der Waals surface area contributed by atoms with Gasteiger partial charge in [-0.2, -0.15) is 0 Å². The lowest BCUT2D eigenvalue weighted by Gasteiger charge is -2.22. The molecule has 18 heavy (non-hydrogen) atoms. The van der Waals surface area contributed by atoms with Gasteiger partial charge in [-0.1, -0.05) is 50.3 Å². The van der Waals surface area contributed by atoms with Gasteiger partial charge in [-0.25, -0.2) is 0 Å². The number of rotatable bonds is 7. The Balaban J connectivity index is 2.35. The van der Waals surface area contributed by atoms with Crippen LogP contribution in [0, 0.1) is 5.41 Å². The standard InChI is InChI=1S/C16H22O2/c1-4-5-11-16(2,3)12-15(17)18-13-14-9-7-6-8-10-14/h4,6-10H,1,5,11-13H2,2-3H3. The summed E-state index contributed by atoms with van der Waals surface area (Å²) in [6.45, 7) is 8.23. The van der Waals surface area contributed by atoms with Crippen LogP contribution < -0.4 is 0 Å². The maximum atomic E-state index is 11.7. The lowest BCUT2D eigenvalue weighted by molar-refractivity contribution is -0.147. The van der Waals surface area contributed by atoms with Crippen molar-refractivity contribution in [1.29, 1.82) is 0 Å². The molecule has 0 aliphatic heterocycles. The molecule has 0 spiro atoms. The molecule has 0 radical (unpaired) electrons. The van der Waals surface area contributed by atoms with Crippen molar-refractivity contribution in [3.8, 4) is 0 Å². The first-order valence-electron chi connectivity index (χ1n) is 6.34. The van der Waals surface area contributed by atoms with E-state index in [2.05, 4.69) is 20.4 Å². The molecule has 0 aromatic heterocycles. The number of benzene rings is 1. The van der Waals surface area contributed by atoms with Gasteiger partial charge in [0.2, 0.25) is 0 Å². The lowest BCUT2D eigenvalue weighted by atomic mass is 9.84. The van der Waals surface area contributed by atoms with Crippen molar-refractivity contribution in [3.63, 3.8) is 0 Å². The molecule has 98 valence electrons. The highest BCUT2D eigenvalue weighted by Gasteiger charge is 2.22. The fraction of sp³-hybridized carbons (Fsp3) is 0.438. The molecule has 0 aliphatic rings. The average Bonchev–Trinajstić information content (AvgIpc) is 2.35. The number of carbonyl (C=O) groups excluding carboxylic acids is 1. The largest absolute Gasteiger partial charge is 0.461 e. The second kappa shape index (κ2) is 7.00. The van der Waals surface area contributed by atoms with Crippen LogP contribution in [0.3, 0.4) is 0 Å². The van der Waals surface area contributed by atoms with Crippen molar-refractivity contribution in [3.05, 3.63) is 48.6 Å². The van der Waals surface area contributed by atoms with Gasteiger partial charge in [-0.05, 0) is 23.8 Å². The monoisotopic (exact) mass is 246 g/mol. The van der Waals surface area contributed by atoms with Crippen LogP contribution in [0.1, 0.15) is 38.7 Å². The number of allylic oxidation sites excluding steroid dienone is 1. The van der Waals surface area contributed by atoms with E-state index >= 15 is 0 Å². The van der Waals surface area contributed by atoms with Crippen LogP contribution in [0.15, 0.2) is 43.0 Å². The fourth-order valence-electron chi connectivity index (χ4n) is 1.76. The summed E-state index contributed by atoms with van der Waals surface area (Å²) in [6.07, 6.45) is 4.22. The van der Waals surface area contributed by atoms with Crippen molar-refractivity contribution in [2.24, 2.45) is 5.41 Å². The minimum Gasteiger partial charge on any atom is -0.461 e. The van der Waals surface area contributed by atoms with Gasteiger partial charge in [0.1, 0.15) is 6.61 Å². The van der Waals surface area contributed by atoms with E-state index in [1.54, 1.807) is 0 Å². The summed E-state index contributed by atoms with van der Waals surface area (Å²) in [5, 5.41) is 0. The molecule has 0 aliphatic carbocycles. The van der Waals surface area contributed by atoms with Crippen LogP contribution in [0.5, 0.6) is 0 Å². The molecule has 2 heteroatoms. The van der Waals surface area contributed by atoms with Crippen LogP contribution in [-0.4, -0.2) is 5.97 Å². The van der Waals surface area contributed by atoms with Crippen molar-refractivity contribution >= 4 is 5.97 Å². The summed E-state index contributed by atoms with van der Waals surface area (Å²) in [4.78, 5) is 11.7. The SMILES string of the molecule is C=CCCC(C)(C)CC(=O)OCc1ccccc1. The van der Waals surface area contributed by atoms with E-state index < -0.39 is 0 Å². The second-order valence-corrected chi connectivity index (χ2v) is 5.31. The normalized spacial score (nSPS) is 11.0. The van der Waals surface area contributed by atoms with E-state index in [0.717, 1.165) is 18.4 Å². The van der Waals surface area contributed by atoms with Crippen molar-refractivity contribution in [1.82, 2.24) is 0 Å². The summed E-state index contributed by atoms with van der Waals surface area (Å²) in [6, 6.07) is 9.74. The Hall–Kier alpha value is -1.57. The first-order chi connectivity index (χ1) is 8.53. The third-order valence-electron chi connectivity index (χ3n) is 2.89. The highest BCUT2D eigenvalue weighted by atomic mass is 16.5. The quantitative estimate of drug-likeness (QED) is 0.534. The molecule has 0 atom stereocenters. The minimum absolute atomic E-state index is 0.0258.